The van der Waals surface area contributed by atoms with Crippen molar-refractivity contribution in [3.05, 3.63) is 59.0 Å². The monoisotopic (exact) mass is 383 g/mol. The van der Waals surface area contributed by atoms with Gasteiger partial charge in [-0.2, -0.15) is 0 Å². The molecular formula is C21H29N5O2. The molecule has 2 heterocycles. The molecule has 0 aliphatic carbocycles. The average Bonchev–Trinajstić information content (AvgIpc) is 3.17. The van der Waals surface area contributed by atoms with Crippen LogP contribution in [0.1, 0.15) is 40.3 Å². The van der Waals surface area contributed by atoms with E-state index in [4.69, 9.17) is 10.2 Å². The standard InChI is InChI=1S/C21H29N5O2/c1-15-5-3-4-6-16(15)14-26-11-9-17(10-12-26)25-21(23-2)24-13-18-7-8-19(28-18)20(22)27/h3-8,17H,9-14H2,1-2H3,(H2,22,27)(H2,23,24,25). The van der Waals surface area contributed by atoms with Crippen LogP contribution in [0.15, 0.2) is 45.8 Å². The number of aryl methyl sites for hydroxylation is 1. The molecule has 0 spiro atoms. The minimum absolute atomic E-state index is 0.167. The number of piperidine rings is 1. The number of primary amides is 1. The molecule has 0 saturated carbocycles. The molecule has 28 heavy (non-hydrogen) atoms. The Kier molecular flexibility index (Phi) is 6.71. The van der Waals surface area contributed by atoms with E-state index in [1.807, 2.05) is 0 Å². The summed E-state index contributed by atoms with van der Waals surface area (Å²) in [5, 5.41) is 6.70. The molecule has 7 heteroatoms. The van der Waals surface area contributed by atoms with Gasteiger partial charge in [0.1, 0.15) is 5.76 Å². The lowest BCUT2D eigenvalue weighted by atomic mass is 10.0. The second-order valence-corrected chi connectivity index (χ2v) is 7.18. The number of furan rings is 1. The van der Waals surface area contributed by atoms with Crippen molar-refractivity contribution >= 4 is 11.9 Å². The summed E-state index contributed by atoms with van der Waals surface area (Å²) < 4.78 is 5.38. The van der Waals surface area contributed by atoms with Gasteiger partial charge in [-0.1, -0.05) is 24.3 Å². The van der Waals surface area contributed by atoms with Gasteiger partial charge in [0.15, 0.2) is 11.7 Å². The predicted octanol–water partition coefficient (Wildman–Crippen LogP) is 2.02. The maximum absolute atomic E-state index is 11.1. The zero-order valence-electron chi connectivity index (χ0n) is 16.6. The number of guanidine groups is 1. The number of benzene rings is 1. The van der Waals surface area contributed by atoms with Crippen LogP contribution in [0.3, 0.4) is 0 Å². The third-order valence-corrected chi connectivity index (χ3v) is 5.14. The fraction of sp³-hybridized carbons (Fsp3) is 0.429. The van der Waals surface area contributed by atoms with Crippen LogP contribution in [0.2, 0.25) is 0 Å². The Morgan fingerprint density at radius 2 is 2.00 bits per heavy atom. The van der Waals surface area contributed by atoms with Crippen molar-refractivity contribution in [1.29, 1.82) is 0 Å². The van der Waals surface area contributed by atoms with Gasteiger partial charge in [-0.3, -0.25) is 14.7 Å². The fourth-order valence-electron chi connectivity index (χ4n) is 3.43. The number of rotatable bonds is 6. The number of amides is 1. The number of aliphatic imine (C=N–C) groups is 1. The number of likely N-dealkylation sites (tertiary alicyclic amines) is 1. The molecular weight excluding hydrogens is 354 g/mol. The molecule has 1 aliphatic rings. The Morgan fingerprint density at radius 1 is 1.25 bits per heavy atom. The lowest BCUT2D eigenvalue weighted by Crippen LogP contribution is -2.48. The van der Waals surface area contributed by atoms with Crippen LogP contribution >= 0.6 is 0 Å². The molecule has 0 bridgehead atoms. The predicted molar refractivity (Wildman–Crippen MR) is 110 cm³/mol. The van der Waals surface area contributed by atoms with Crippen LogP contribution in [0.25, 0.3) is 0 Å². The van der Waals surface area contributed by atoms with Gasteiger partial charge in [0.25, 0.3) is 5.91 Å². The Balaban J connectivity index is 1.43. The summed E-state index contributed by atoms with van der Waals surface area (Å²) in [4.78, 5) is 17.9. The fourth-order valence-corrected chi connectivity index (χ4v) is 3.43. The van der Waals surface area contributed by atoms with E-state index in [1.54, 1.807) is 19.2 Å². The van der Waals surface area contributed by atoms with E-state index in [0.717, 1.165) is 38.4 Å². The maximum Gasteiger partial charge on any atom is 0.284 e. The highest BCUT2D eigenvalue weighted by molar-refractivity contribution is 5.89. The second-order valence-electron chi connectivity index (χ2n) is 7.18. The van der Waals surface area contributed by atoms with Crippen molar-refractivity contribution in [2.75, 3.05) is 20.1 Å². The Bertz CT molecular complexity index is 822. The van der Waals surface area contributed by atoms with Gasteiger partial charge in [-0.25, -0.2) is 0 Å². The Labute approximate surface area is 166 Å². The largest absolute Gasteiger partial charge is 0.454 e. The van der Waals surface area contributed by atoms with Gasteiger partial charge in [-0.05, 0) is 43.0 Å². The molecule has 0 unspecified atom stereocenters. The highest BCUT2D eigenvalue weighted by Crippen LogP contribution is 2.16. The molecule has 1 amide bonds. The topological polar surface area (TPSA) is 95.9 Å². The van der Waals surface area contributed by atoms with Crippen molar-refractivity contribution in [3.8, 4) is 0 Å². The van der Waals surface area contributed by atoms with Gasteiger partial charge in [0.2, 0.25) is 0 Å². The third-order valence-electron chi connectivity index (χ3n) is 5.14. The number of hydrogen-bond donors (Lipinski definition) is 3. The first kappa shape index (κ1) is 19.9. The van der Waals surface area contributed by atoms with E-state index in [2.05, 4.69) is 51.7 Å². The van der Waals surface area contributed by atoms with E-state index in [1.165, 1.54) is 11.1 Å². The molecule has 1 aromatic heterocycles. The molecule has 0 radical (unpaired) electrons. The number of carbonyl (C=O) groups excluding carboxylic acids is 1. The van der Waals surface area contributed by atoms with Gasteiger partial charge < -0.3 is 20.8 Å². The van der Waals surface area contributed by atoms with Crippen molar-refractivity contribution < 1.29 is 9.21 Å². The van der Waals surface area contributed by atoms with Crippen molar-refractivity contribution in [2.24, 2.45) is 10.7 Å². The van der Waals surface area contributed by atoms with Crippen molar-refractivity contribution in [2.45, 2.75) is 38.9 Å². The SMILES string of the molecule is CN=C(NCc1ccc(C(N)=O)o1)NC1CCN(Cc2ccccc2C)CC1. The molecule has 3 rings (SSSR count). The molecule has 2 aromatic rings. The zero-order chi connectivity index (χ0) is 19.9. The van der Waals surface area contributed by atoms with Gasteiger partial charge in [0.05, 0.1) is 6.54 Å². The smallest absolute Gasteiger partial charge is 0.284 e. The summed E-state index contributed by atoms with van der Waals surface area (Å²) in [5.41, 5.74) is 7.96. The zero-order valence-corrected chi connectivity index (χ0v) is 16.6. The molecule has 4 N–H and O–H groups in total. The first-order valence-corrected chi connectivity index (χ1v) is 9.67. The Hall–Kier alpha value is -2.80. The summed E-state index contributed by atoms with van der Waals surface area (Å²) in [7, 11) is 1.75. The highest BCUT2D eigenvalue weighted by Gasteiger charge is 2.20. The minimum Gasteiger partial charge on any atom is -0.454 e. The van der Waals surface area contributed by atoms with Crippen molar-refractivity contribution in [1.82, 2.24) is 15.5 Å². The quantitative estimate of drug-likeness (QED) is 0.524. The van der Waals surface area contributed by atoms with Gasteiger partial charge >= 0.3 is 0 Å². The number of carbonyl (C=O) groups is 1. The minimum atomic E-state index is -0.564. The van der Waals surface area contributed by atoms with E-state index in [-0.39, 0.29) is 5.76 Å². The summed E-state index contributed by atoms with van der Waals surface area (Å²) in [6, 6.07) is 12.3. The number of hydrogen-bond acceptors (Lipinski definition) is 4. The number of nitrogens with one attached hydrogen (secondary N) is 2. The maximum atomic E-state index is 11.1. The molecule has 1 aromatic carbocycles. The molecule has 0 atom stereocenters. The summed E-state index contributed by atoms with van der Waals surface area (Å²) in [5.74, 6) is 0.978. The molecule has 1 saturated heterocycles. The van der Waals surface area contributed by atoms with Gasteiger partial charge in [-0.15, -0.1) is 0 Å². The lowest BCUT2D eigenvalue weighted by Gasteiger charge is -2.33. The first-order chi connectivity index (χ1) is 13.5. The number of nitrogens with two attached hydrogens (primary N) is 1. The van der Waals surface area contributed by atoms with E-state index < -0.39 is 5.91 Å². The molecule has 1 fully saturated rings. The number of nitrogens with zero attached hydrogens (tertiary/aromatic N) is 2. The van der Waals surface area contributed by atoms with E-state index in [9.17, 15) is 4.79 Å². The summed E-state index contributed by atoms with van der Waals surface area (Å²) in [6.45, 7) is 5.74. The van der Waals surface area contributed by atoms with Crippen LogP contribution in [0, 0.1) is 6.92 Å². The highest BCUT2D eigenvalue weighted by atomic mass is 16.3. The molecule has 7 nitrogen and oxygen atoms in total. The van der Waals surface area contributed by atoms with Gasteiger partial charge in [0, 0.05) is 32.7 Å². The lowest BCUT2D eigenvalue weighted by molar-refractivity contribution is 0.0972. The first-order valence-electron chi connectivity index (χ1n) is 9.67. The van der Waals surface area contributed by atoms with Crippen molar-refractivity contribution in [3.63, 3.8) is 0 Å². The van der Waals surface area contributed by atoms with Crippen LogP contribution in [0.5, 0.6) is 0 Å². The van der Waals surface area contributed by atoms with Crippen LogP contribution < -0.4 is 16.4 Å². The average molecular weight is 383 g/mol. The Morgan fingerprint density at radius 3 is 2.64 bits per heavy atom. The second kappa shape index (κ2) is 9.41. The van der Waals surface area contributed by atoms with E-state index >= 15 is 0 Å². The third kappa shape index (κ3) is 5.36. The summed E-state index contributed by atoms with van der Waals surface area (Å²) >= 11 is 0. The normalized spacial score (nSPS) is 16.1. The molecule has 150 valence electrons. The van der Waals surface area contributed by atoms with Crippen LogP contribution in [-0.4, -0.2) is 42.9 Å². The van der Waals surface area contributed by atoms with Crippen LogP contribution in [0.4, 0.5) is 0 Å². The van der Waals surface area contributed by atoms with E-state index in [0.29, 0.717) is 18.3 Å². The molecule has 1 aliphatic heterocycles. The summed E-state index contributed by atoms with van der Waals surface area (Å²) in [6.07, 6.45) is 2.14. The van der Waals surface area contributed by atoms with Crippen LogP contribution in [-0.2, 0) is 13.1 Å².